The molecule has 8 nitrogen and oxygen atoms in total. The average Bonchev–Trinajstić information content (AvgIpc) is 3.20. The predicted molar refractivity (Wildman–Crippen MR) is 138 cm³/mol. The van der Waals surface area contributed by atoms with E-state index in [0.717, 1.165) is 34.0 Å². The number of Topliss-reactive ketones (excluding diaryl/α,β-unsaturated/α-hetero) is 1. The second kappa shape index (κ2) is 11.7. The average molecular weight is 568 g/mol. The van der Waals surface area contributed by atoms with E-state index >= 15 is 0 Å². The normalized spacial score (nSPS) is 11.5. The second-order valence-corrected chi connectivity index (χ2v) is 10.4. The minimum atomic E-state index is -5.08. The van der Waals surface area contributed by atoms with Crippen molar-refractivity contribution >= 4 is 50.1 Å². The summed E-state index contributed by atoms with van der Waals surface area (Å²) in [5, 5.41) is 8.64. The Kier molecular flexibility index (Phi) is 8.79. The van der Waals surface area contributed by atoms with Gasteiger partial charge < -0.3 is 10.1 Å². The van der Waals surface area contributed by atoms with Gasteiger partial charge in [0.05, 0.1) is 6.26 Å². The molecule has 2 aromatic carbocycles. The highest BCUT2D eigenvalue weighted by Crippen LogP contribution is 2.29. The number of H-pyrrole nitrogens is 1. The number of halogens is 4. The minimum absolute atomic E-state index is 0.0755. The first-order valence-electron chi connectivity index (χ1n) is 10.8. The molecule has 0 bridgehead atoms. The van der Waals surface area contributed by atoms with Crippen molar-refractivity contribution in [2.45, 2.75) is 19.0 Å². The number of benzene rings is 2. The summed E-state index contributed by atoms with van der Waals surface area (Å²) in [5.41, 5.74) is 4.73. The Morgan fingerprint density at radius 2 is 1.71 bits per heavy atom. The van der Waals surface area contributed by atoms with E-state index in [1.807, 2.05) is 36.4 Å². The van der Waals surface area contributed by atoms with E-state index in [2.05, 4.69) is 14.7 Å². The molecular weight excluding hydrogens is 547 g/mol. The highest BCUT2D eigenvalue weighted by Gasteiger charge is 2.38. The van der Waals surface area contributed by atoms with Crippen molar-refractivity contribution < 1.29 is 36.3 Å². The molecule has 4 aromatic rings. The molecular formula is C25H21ClF3N3O5S. The molecule has 0 saturated heterocycles. The van der Waals surface area contributed by atoms with Crippen LogP contribution in [0.4, 0.5) is 18.9 Å². The Hall–Kier alpha value is -3.90. The summed E-state index contributed by atoms with van der Waals surface area (Å²) in [6.07, 6.45) is -1.69. The number of anilines is 1. The molecule has 2 aromatic heterocycles. The van der Waals surface area contributed by atoms with Gasteiger partial charge in [-0.05, 0) is 53.1 Å². The molecule has 0 aliphatic rings. The summed E-state index contributed by atoms with van der Waals surface area (Å²) in [7, 11) is -3.33. The quantitative estimate of drug-likeness (QED) is 0.280. The van der Waals surface area contributed by atoms with Gasteiger partial charge in [-0.3, -0.25) is 9.52 Å². The molecule has 0 fully saturated rings. The second-order valence-electron chi connectivity index (χ2n) is 8.19. The number of carbonyl (C=O) groups excluding carboxylic acids is 1. The number of fused-ring (bicyclic) bond motifs is 1. The Bertz CT molecular complexity index is 1570. The number of aromatic nitrogens is 2. The van der Waals surface area contributed by atoms with Crippen LogP contribution in [0.2, 0.25) is 5.02 Å². The first kappa shape index (κ1) is 28.7. The summed E-state index contributed by atoms with van der Waals surface area (Å²) in [6, 6.07) is 18.3. The summed E-state index contributed by atoms with van der Waals surface area (Å²) in [4.78, 5) is 29.0. The van der Waals surface area contributed by atoms with Gasteiger partial charge in [0.15, 0.2) is 0 Å². The van der Waals surface area contributed by atoms with Gasteiger partial charge in [-0.25, -0.2) is 18.2 Å². The van der Waals surface area contributed by atoms with Crippen LogP contribution in [-0.4, -0.2) is 47.7 Å². The number of rotatable bonds is 7. The lowest BCUT2D eigenvalue weighted by Crippen LogP contribution is -2.21. The van der Waals surface area contributed by atoms with Crippen LogP contribution in [-0.2, 0) is 32.5 Å². The number of pyridine rings is 1. The van der Waals surface area contributed by atoms with Crippen molar-refractivity contribution in [3.63, 3.8) is 0 Å². The van der Waals surface area contributed by atoms with E-state index in [4.69, 9.17) is 21.5 Å². The van der Waals surface area contributed by atoms with Crippen LogP contribution in [0, 0.1) is 0 Å². The molecule has 2 heterocycles. The van der Waals surface area contributed by atoms with Crippen molar-refractivity contribution in [1.82, 2.24) is 9.97 Å². The van der Waals surface area contributed by atoms with E-state index in [-0.39, 0.29) is 12.2 Å². The number of carboxylic acids is 1. The summed E-state index contributed by atoms with van der Waals surface area (Å²) in [5.74, 6) is -2.68. The molecule has 0 aliphatic heterocycles. The third kappa shape index (κ3) is 8.32. The van der Waals surface area contributed by atoms with Gasteiger partial charge in [0, 0.05) is 40.8 Å². The number of carbonyl (C=O) groups is 2. The number of hydrogen-bond donors (Lipinski definition) is 3. The molecule has 0 aliphatic carbocycles. The van der Waals surface area contributed by atoms with Gasteiger partial charge in [0.1, 0.15) is 11.4 Å². The van der Waals surface area contributed by atoms with Crippen molar-refractivity contribution in [1.29, 1.82) is 0 Å². The lowest BCUT2D eigenvalue weighted by molar-refractivity contribution is -0.192. The van der Waals surface area contributed by atoms with Crippen molar-refractivity contribution in [2.24, 2.45) is 0 Å². The first-order valence-corrected chi connectivity index (χ1v) is 13.1. The number of sulfonamides is 1. The molecule has 0 radical (unpaired) electrons. The third-order valence-electron chi connectivity index (χ3n) is 5.01. The highest BCUT2D eigenvalue weighted by molar-refractivity contribution is 7.92. The van der Waals surface area contributed by atoms with Crippen LogP contribution in [0.15, 0.2) is 66.9 Å². The van der Waals surface area contributed by atoms with Gasteiger partial charge >= 0.3 is 12.1 Å². The highest BCUT2D eigenvalue weighted by atomic mass is 35.5. The van der Waals surface area contributed by atoms with Crippen molar-refractivity contribution in [3.05, 3.63) is 83.1 Å². The number of carboxylic acid groups (broad SMARTS) is 1. The Labute approximate surface area is 220 Å². The molecule has 200 valence electrons. The zero-order valence-corrected chi connectivity index (χ0v) is 21.3. The maximum Gasteiger partial charge on any atom is 0.490 e. The monoisotopic (exact) mass is 567 g/mol. The minimum Gasteiger partial charge on any atom is -0.475 e. The van der Waals surface area contributed by atoms with E-state index in [0.29, 0.717) is 22.8 Å². The number of hydrogen-bond acceptors (Lipinski definition) is 5. The number of nitrogens with zero attached hydrogens (tertiary/aromatic N) is 1. The number of aliphatic carboxylic acids is 1. The number of nitrogens with one attached hydrogen (secondary N) is 2. The van der Waals surface area contributed by atoms with Crippen LogP contribution in [0.5, 0.6) is 0 Å². The van der Waals surface area contributed by atoms with Crippen LogP contribution < -0.4 is 4.72 Å². The van der Waals surface area contributed by atoms with E-state index in [1.54, 1.807) is 30.5 Å². The molecule has 0 atom stereocenters. The van der Waals surface area contributed by atoms with E-state index in [1.165, 1.54) is 0 Å². The Balaban J connectivity index is 0.000000505. The van der Waals surface area contributed by atoms with Crippen LogP contribution in [0.1, 0.15) is 11.3 Å². The molecule has 3 N–H and O–H groups in total. The largest absolute Gasteiger partial charge is 0.490 e. The lowest BCUT2D eigenvalue weighted by atomic mass is 10.0. The molecule has 4 rings (SSSR count). The topological polar surface area (TPSA) is 129 Å². The van der Waals surface area contributed by atoms with Crippen LogP contribution in [0.25, 0.3) is 22.2 Å². The third-order valence-corrected chi connectivity index (χ3v) is 5.85. The maximum absolute atomic E-state index is 12.5. The predicted octanol–water partition coefficient (Wildman–Crippen LogP) is 5.24. The number of ketones is 1. The molecule has 0 saturated carbocycles. The maximum atomic E-state index is 12.5. The fraction of sp³-hybridized carbons (Fsp3) is 0.160. The SMILES string of the molecule is CS(=O)(=O)Nc1ccc(-c2ccnc3[nH]c(CC(=O)Cc4cccc(Cl)c4)cc23)cc1.O=C(O)C(F)(F)F. The zero-order valence-electron chi connectivity index (χ0n) is 19.7. The van der Waals surface area contributed by atoms with E-state index in [9.17, 15) is 26.4 Å². The van der Waals surface area contributed by atoms with Gasteiger partial charge in [0.25, 0.3) is 0 Å². The molecule has 38 heavy (non-hydrogen) atoms. The van der Waals surface area contributed by atoms with E-state index < -0.39 is 22.2 Å². The smallest absolute Gasteiger partial charge is 0.475 e. The number of alkyl halides is 3. The van der Waals surface area contributed by atoms with Gasteiger partial charge in [-0.15, -0.1) is 0 Å². The summed E-state index contributed by atoms with van der Waals surface area (Å²) < 4.78 is 57.0. The molecule has 13 heteroatoms. The zero-order chi connectivity index (χ0) is 28.1. The van der Waals surface area contributed by atoms with Gasteiger partial charge in [-0.2, -0.15) is 13.2 Å². The van der Waals surface area contributed by atoms with Crippen LogP contribution in [0.3, 0.4) is 0 Å². The molecule has 0 amide bonds. The molecule has 0 spiro atoms. The fourth-order valence-corrected chi connectivity index (χ4v) is 4.29. The Morgan fingerprint density at radius 3 is 2.29 bits per heavy atom. The first-order chi connectivity index (χ1) is 17.7. The Morgan fingerprint density at radius 1 is 1.05 bits per heavy atom. The fourth-order valence-electron chi connectivity index (χ4n) is 3.51. The lowest BCUT2D eigenvalue weighted by Gasteiger charge is -2.06. The van der Waals surface area contributed by atoms with Crippen molar-refractivity contribution in [2.75, 3.05) is 11.0 Å². The number of aromatic amines is 1. The molecule has 0 unspecified atom stereocenters. The standard InChI is InChI=1S/C23H20ClN3O3S.C2HF3O2/c1-31(29,30)27-18-7-5-16(6-8-18)21-9-10-25-23-22(21)14-19(26-23)13-20(28)12-15-3-2-4-17(24)11-15;3-2(4,5)1(6)7/h2-11,14,27H,12-13H2,1H3,(H,25,26);(H,6,7). The van der Waals surface area contributed by atoms with Gasteiger partial charge in [0.2, 0.25) is 10.0 Å². The van der Waals surface area contributed by atoms with Crippen molar-refractivity contribution in [3.8, 4) is 11.1 Å². The van der Waals surface area contributed by atoms with Gasteiger partial charge in [-0.1, -0.05) is 35.9 Å². The summed E-state index contributed by atoms with van der Waals surface area (Å²) >= 11 is 6.00. The summed E-state index contributed by atoms with van der Waals surface area (Å²) in [6.45, 7) is 0. The van der Waals surface area contributed by atoms with Crippen LogP contribution >= 0.6 is 11.6 Å².